The Labute approximate surface area is 150 Å². The molecule has 2 aromatic heterocycles. The van der Waals surface area contributed by atoms with Gasteiger partial charge in [0.05, 0.1) is 17.7 Å². The van der Waals surface area contributed by atoms with Crippen LogP contribution in [0.3, 0.4) is 0 Å². The second-order valence-corrected chi connectivity index (χ2v) is 8.27. The fraction of sp³-hybridized carbons (Fsp3) is 0.333. The summed E-state index contributed by atoms with van der Waals surface area (Å²) >= 11 is 3.49. The van der Waals surface area contributed by atoms with Crippen molar-refractivity contribution in [2.45, 2.75) is 31.8 Å². The third kappa shape index (κ3) is 3.35. The van der Waals surface area contributed by atoms with Crippen LogP contribution in [-0.2, 0) is 5.75 Å². The van der Waals surface area contributed by atoms with Gasteiger partial charge >= 0.3 is 0 Å². The van der Waals surface area contributed by atoms with Crippen LogP contribution in [0.15, 0.2) is 24.3 Å². The van der Waals surface area contributed by atoms with Gasteiger partial charge < -0.3 is 10.5 Å². The summed E-state index contributed by atoms with van der Waals surface area (Å²) in [6.45, 7) is 6.30. The number of fused-ring (bicyclic) bond motifs is 1. The van der Waals surface area contributed by atoms with E-state index in [1.807, 2.05) is 12.1 Å². The van der Waals surface area contributed by atoms with E-state index in [2.05, 4.69) is 37.9 Å². The van der Waals surface area contributed by atoms with Crippen molar-refractivity contribution in [3.63, 3.8) is 0 Å². The summed E-state index contributed by atoms with van der Waals surface area (Å²) in [6, 6.07) is 8.13. The molecule has 126 valence electrons. The minimum atomic E-state index is 0.172. The molecule has 0 saturated carbocycles. The van der Waals surface area contributed by atoms with Gasteiger partial charge in [-0.2, -0.15) is 0 Å². The van der Waals surface area contributed by atoms with Gasteiger partial charge in [-0.05, 0) is 44.0 Å². The van der Waals surface area contributed by atoms with E-state index in [0.29, 0.717) is 5.82 Å². The smallest absolute Gasteiger partial charge is 0.145 e. The fourth-order valence-corrected chi connectivity index (χ4v) is 4.46. The van der Waals surface area contributed by atoms with Gasteiger partial charge in [0.2, 0.25) is 0 Å². The van der Waals surface area contributed by atoms with Crippen LogP contribution in [0, 0.1) is 13.8 Å². The maximum absolute atomic E-state index is 6.18. The zero-order chi connectivity index (χ0) is 17.3. The van der Waals surface area contributed by atoms with E-state index in [-0.39, 0.29) is 5.25 Å². The lowest BCUT2D eigenvalue weighted by molar-refractivity contribution is 0.414. The highest BCUT2D eigenvalue weighted by Crippen LogP contribution is 2.35. The van der Waals surface area contributed by atoms with Crippen LogP contribution in [0.25, 0.3) is 10.2 Å². The molecule has 2 N–H and O–H groups in total. The van der Waals surface area contributed by atoms with Crippen LogP contribution in [0.1, 0.15) is 34.0 Å². The molecule has 2 heterocycles. The zero-order valence-corrected chi connectivity index (χ0v) is 15.9. The number of thioether (sulfide) groups is 1. The van der Waals surface area contributed by atoms with Crippen molar-refractivity contribution in [3.05, 3.63) is 46.1 Å². The van der Waals surface area contributed by atoms with Crippen molar-refractivity contribution in [1.29, 1.82) is 0 Å². The summed E-state index contributed by atoms with van der Waals surface area (Å²) in [4.78, 5) is 11.5. The maximum Gasteiger partial charge on any atom is 0.145 e. The molecule has 0 aliphatic heterocycles. The lowest BCUT2D eigenvalue weighted by atomic mass is 10.2. The number of nitrogens with two attached hydrogens (primary N) is 1. The van der Waals surface area contributed by atoms with Gasteiger partial charge in [0, 0.05) is 10.6 Å². The number of benzene rings is 1. The van der Waals surface area contributed by atoms with E-state index in [0.717, 1.165) is 27.5 Å². The lowest BCUT2D eigenvalue weighted by Gasteiger charge is -2.11. The Morgan fingerprint density at radius 2 is 2.08 bits per heavy atom. The first-order valence-corrected chi connectivity index (χ1v) is 9.63. The number of nitrogens with zero attached hydrogens (tertiary/aromatic N) is 2. The summed E-state index contributed by atoms with van der Waals surface area (Å²) in [6.07, 6.45) is 0. The quantitative estimate of drug-likeness (QED) is 0.702. The number of hydrogen-bond donors (Lipinski definition) is 1. The molecule has 3 aromatic rings. The highest BCUT2D eigenvalue weighted by molar-refractivity contribution is 7.98. The van der Waals surface area contributed by atoms with Gasteiger partial charge in [0.25, 0.3) is 0 Å². The molecule has 1 aromatic carbocycles. The van der Waals surface area contributed by atoms with E-state index in [9.17, 15) is 0 Å². The molecule has 0 spiro atoms. The molecule has 0 aliphatic carbocycles. The molecule has 6 heteroatoms. The highest BCUT2D eigenvalue weighted by Gasteiger charge is 2.16. The molecule has 4 nitrogen and oxygen atoms in total. The zero-order valence-electron chi connectivity index (χ0n) is 14.3. The molecule has 1 atom stereocenters. The molecule has 0 aliphatic rings. The van der Waals surface area contributed by atoms with Crippen LogP contribution in [0.2, 0.25) is 0 Å². The van der Waals surface area contributed by atoms with E-state index >= 15 is 0 Å². The Morgan fingerprint density at radius 1 is 1.29 bits per heavy atom. The summed E-state index contributed by atoms with van der Waals surface area (Å²) in [5.41, 5.74) is 8.60. The van der Waals surface area contributed by atoms with Crippen LogP contribution >= 0.6 is 23.1 Å². The minimum Gasteiger partial charge on any atom is -0.497 e. The Hall–Kier alpha value is -1.79. The lowest BCUT2D eigenvalue weighted by Crippen LogP contribution is -2.02. The van der Waals surface area contributed by atoms with Gasteiger partial charge in [0.1, 0.15) is 22.2 Å². The predicted molar refractivity (Wildman–Crippen MR) is 104 cm³/mol. The number of ether oxygens (including phenoxy) is 1. The first-order chi connectivity index (χ1) is 11.5. The molecule has 0 radical (unpaired) electrons. The molecule has 1 unspecified atom stereocenters. The first-order valence-electron chi connectivity index (χ1n) is 7.77. The number of hydrogen-bond acceptors (Lipinski definition) is 6. The molecule has 0 amide bonds. The Morgan fingerprint density at radius 3 is 2.83 bits per heavy atom. The Bertz CT molecular complexity index is 876. The fourth-order valence-electron chi connectivity index (χ4n) is 2.54. The maximum atomic E-state index is 6.18. The third-order valence-corrected chi connectivity index (χ3v) is 6.38. The van der Waals surface area contributed by atoms with Crippen molar-refractivity contribution in [2.24, 2.45) is 0 Å². The van der Waals surface area contributed by atoms with Crippen LogP contribution in [-0.4, -0.2) is 17.1 Å². The second kappa shape index (κ2) is 6.99. The Kier molecular flexibility index (Phi) is 4.96. The number of aromatic nitrogens is 2. The van der Waals surface area contributed by atoms with Gasteiger partial charge in [-0.25, -0.2) is 9.97 Å². The molecule has 0 saturated heterocycles. The largest absolute Gasteiger partial charge is 0.497 e. The van der Waals surface area contributed by atoms with Gasteiger partial charge in [-0.15, -0.1) is 23.1 Å². The molecular weight excluding hydrogens is 338 g/mol. The minimum absolute atomic E-state index is 0.172. The van der Waals surface area contributed by atoms with E-state index in [4.69, 9.17) is 15.5 Å². The molecule has 0 bridgehead atoms. The number of rotatable bonds is 5. The SMILES string of the molecule is COc1cccc(CSC(C)c2nc(N)c3c(C)c(C)sc3n2)c1. The highest BCUT2D eigenvalue weighted by atomic mass is 32.2. The summed E-state index contributed by atoms with van der Waals surface area (Å²) in [7, 11) is 1.69. The molecule has 0 fully saturated rings. The van der Waals surface area contributed by atoms with Crippen molar-refractivity contribution in [1.82, 2.24) is 9.97 Å². The van der Waals surface area contributed by atoms with Gasteiger partial charge in [-0.1, -0.05) is 12.1 Å². The van der Waals surface area contributed by atoms with Crippen molar-refractivity contribution >= 4 is 39.1 Å². The van der Waals surface area contributed by atoms with Crippen LogP contribution in [0.4, 0.5) is 5.82 Å². The normalized spacial score (nSPS) is 12.5. The standard InChI is InChI=1S/C18H21N3OS2/c1-10-11(2)24-18-15(10)16(19)20-17(21-18)12(3)23-9-13-6-5-7-14(8-13)22-4/h5-8,12H,9H2,1-4H3,(H2,19,20,21). The second-order valence-electron chi connectivity index (χ2n) is 5.74. The van der Waals surface area contributed by atoms with Crippen molar-refractivity contribution < 1.29 is 4.74 Å². The van der Waals surface area contributed by atoms with Gasteiger partial charge in [-0.3, -0.25) is 0 Å². The Balaban J connectivity index is 1.79. The van der Waals surface area contributed by atoms with Crippen LogP contribution < -0.4 is 10.5 Å². The monoisotopic (exact) mass is 359 g/mol. The van der Waals surface area contributed by atoms with E-state index in [1.54, 1.807) is 30.2 Å². The number of anilines is 1. The topological polar surface area (TPSA) is 61.0 Å². The molecule has 3 rings (SSSR count). The van der Waals surface area contributed by atoms with E-state index in [1.165, 1.54) is 16.0 Å². The average molecular weight is 360 g/mol. The van der Waals surface area contributed by atoms with Crippen LogP contribution in [0.5, 0.6) is 5.75 Å². The number of thiophene rings is 1. The molecular formula is C18H21N3OS2. The van der Waals surface area contributed by atoms with Gasteiger partial charge in [0.15, 0.2) is 0 Å². The average Bonchev–Trinajstić information content (AvgIpc) is 2.87. The van der Waals surface area contributed by atoms with Crippen molar-refractivity contribution in [2.75, 3.05) is 12.8 Å². The summed E-state index contributed by atoms with van der Waals surface area (Å²) in [5, 5.41) is 1.18. The number of aryl methyl sites for hydroxylation is 2. The summed E-state index contributed by atoms with van der Waals surface area (Å²) in [5.74, 6) is 3.15. The number of nitrogen functional groups attached to an aromatic ring is 1. The third-order valence-electron chi connectivity index (χ3n) is 4.07. The molecule has 24 heavy (non-hydrogen) atoms. The number of methoxy groups -OCH3 is 1. The predicted octanol–water partition coefficient (Wildman–Crippen LogP) is 4.89. The first kappa shape index (κ1) is 17.0. The van der Waals surface area contributed by atoms with E-state index < -0.39 is 0 Å². The summed E-state index contributed by atoms with van der Waals surface area (Å²) < 4.78 is 5.27. The van der Waals surface area contributed by atoms with Crippen molar-refractivity contribution in [3.8, 4) is 5.75 Å².